The van der Waals surface area contributed by atoms with E-state index in [9.17, 15) is 8.42 Å². The van der Waals surface area contributed by atoms with Crippen LogP contribution in [0, 0.1) is 0 Å². The maximum Gasteiger partial charge on any atom is 0.271 e. The largest absolute Gasteiger partial charge is 0.374 e. The fourth-order valence-electron chi connectivity index (χ4n) is 0.481. The molecule has 0 radical (unpaired) electrons. The molecule has 12 heavy (non-hydrogen) atoms. The summed E-state index contributed by atoms with van der Waals surface area (Å²) >= 11 is 0.849. The van der Waals surface area contributed by atoms with Gasteiger partial charge in [0.05, 0.1) is 0 Å². The lowest BCUT2D eigenvalue weighted by Crippen LogP contribution is -2.21. The number of aromatic nitrogens is 2. The van der Waals surface area contributed by atoms with Crippen LogP contribution in [0.4, 0.5) is 5.13 Å². The zero-order valence-electron chi connectivity index (χ0n) is 6.55. The Kier molecular flexibility index (Phi) is 2.31. The smallest absolute Gasteiger partial charge is 0.271 e. The van der Waals surface area contributed by atoms with Crippen LogP contribution in [-0.2, 0) is 10.0 Å². The third-order valence-corrected chi connectivity index (χ3v) is 4.04. The van der Waals surface area contributed by atoms with Gasteiger partial charge in [-0.3, -0.25) is 0 Å². The van der Waals surface area contributed by atoms with Gasteiger partial charge in [-0.1, -0.05) is 11.3 Å². The first kappa shape index (κ1) is 9.36. The van der Waals surface area contributed by atoms with E-state index in [2.05, 4.69) is 10.2 Å². The molecule has 6 nitrogen and oxygen atoms in total. The second-order valence-electron chi connectivity index (χ2n) is 2.19. The highest BCUT2D eigenvalue weighted by Gasteiger charge is 2.21. The molecule has 0 amide bonds. The summed E-state index contributed by atoms with van der Waals surface area (Å²) < 4.78 is 23.6. The van der Waals surface area contributed by atoms with Crippen molar-refractivity contribution in [3.63, 3.8) is 0 Å². The number of nitrogen functional groups attached to an aromatic ring is 1. The lowest BCUT2D eigenvalue weighted by Gasteiger charge is -2.06. The molecule has 0 fully saturated rings. The molecule has 1 rings (SSSR count). The Balaban J connectivity index is 3.15. The molecule has 0 aliphatic carbocycles. The SMILES string of the molecule is CN(C)S(=O)(=O)c1nnc(N)s1. The summed E-state index contributed by atoms with van der Waals surface area (Å²) in [6, 6.07) is 0. The van der Waals surface area contributed by atoms with E-state index in [0.29, 0.717) is 0 Å². The molecule has 0 aliphatic heterocycles. The van der Waals surface area contributed by atoms with Gasteiger partial charge in [0.2, 0.25) is 9.47 Å². The van der Waals surface area contributed by atoms with E-state index in [4.69, 9.17) is 5.73 Å². The van der Waals surface area contributed by atoms with Gasteiger partial charge in [0.25, 0.3) is 10.0 Å². The number of nitrogens with two attached hydrogens (primary N) is 1. The van der Waals surface area contributed by atoms with Crippen molar-refractivity contribution in [3.05, 3.63) is 0 Å². The van der Waals surface area contributed by atoms with Gasteiger partial charge >= 0.3 is 0 Å². The first-order valence-corrected chi connectivity index (χ1v) is 5.22. The molecular formula is C4H8N4O2S2. The fourth-order valence-corrected chi connectivity index (χ4v) is 2.40. The number of anilines is 1. The van der Waals surface area contributed by atoms with Crippen LogP contribution in [0.15, 0.2) is 4.34 Å². The van der Waals surface area contributed by atoms with E-state index in [1.54, 1.807) is 0 Å². The average Bonchev–Trinajstić information content (AvgIpc) is 2.35. The molecule has 8 heteroatoms. The van der Waals surface area contributed by atoms with Crippen molar-refractivity contribution < 1.29 is 8.42 Å². The molecular weight excluding hydrogens is 200 g/mol. The third kappa shape index (κ3) is 1.54. The standard InChI is InChI=1S/C4H8N4O2S2/c1-8(2)12(9,10)4-7-6-3(5)11-4/h1-2H3,(H2,5,6). The molecule has 0 saturated heterocycles. The van der Waals surface area contributed by atoms with Crippen LogP contribution >= 0.6 is 11.3 Å². The van der Waals surface area contributed by atoms with Gasteiger partial charge in [-0.2, -0.15) is 0 Å². The maximum atomic E-state index is 11.3. The Morgan fingerprint density at radius 1 is 1.42 bits per heavy atom. The minimum absolute atomic E-state index is 0.0787. The van der Waals surface area contributed by atoms with Crippen LogP contribution in [-0.4, -0.2) is 37.0 Å². The van der Waals surface area contributed by atoms with Gasteiger partial charge in [-0.05, 0) is 0 Å². The monoisotopic (exact) mass is 208 g/mol. The summed E-state index contributed by atoms with van der Waals surface area (Å²) in [6.07, 6.45) is 0. The lowest BCUT2D eigenvalue weighted by atomic mass is 11.3. The highest BCUT2D eigenvalue weighted by atomic mass is 32.2. The second kappa shape index (κ2) is 2.96. The van der Waals surface area contributed by atoms with Crippen LogP contribution in [0.25, 0.3) is 0 Å². The third-order valence-electron chi connectivity index (χ3n) is 1.12. The molecule has 0 saturated carbocycles. The molecule has 0 atom stereocenters. The van der Waals surface area contributed by atoms with E-state index in [1.807, 2.05) is 0 Å². The van der Waals surface area contributed by atoms with Gasteiger partial charge in [0.15, 0.2) is 0 Å². The van der Waals surface area contributed by atoms with Crippen LogP contribution in [0.2, 0.25) is 0 Å². The number of hydrogen-bond donors (Lipinski definition) is 1. The van der Waals surface area contributed by atoms with Crippen molar-refractivity contribution >= 4 is 26.5 Å². The van der Waals surface area contributed by atoms with Crippen LogP contribution in [0.3, 0.4) is 0 Å². The molecule has 68 valence electrons. The predicted molar refractivity (Wildman–Crippen MR) is 45.2 cm³/mol. The Morgan fingerprint density at radius 3 is 2.33 bits per heavy atom. The molecule has 0 aliphatic rings. The van der Waals surface area contributed by atoms with Crippen molar-refractivity contribution in [1.29, 1.82) is 0 Å². The van der Waals surface area contributed by atoms with Crippen LogP contribution in [0.1, 0.15) is 0 Å². The Labute approximate surface area is 74.1 Å². The minimum atomic E-state index is -3.46. The highest BCUT2D eigenvalue weighted by Crippen LogP contribution is 2.18. The molecule has 1 heterocycles. The summed E-state index contributed by atoms with van der Waals surface area (Å²) in [7, 11) is -0.611. The first-order chi connectivity index (χ1) is 5.44. The van der Waals surface area contributed by atoms with Gasteiger partial charge in [0.1, 0.15) is 0 Å². The molecule has 0 spiro atoms. The van der Waals surface area contributed by atoms with Crippen molar-refractivity contribution in [1.82, 2.24) is 14.5 Å². The number of nitrogens with zero attached hydrogens (tertiary/aromatic N) is 3. The molecule has 1 aromatic heterocycles. The van der Waals surface area contributed by atoms with E-state index in [1.165, 1.54) is 14.1 Å². The van der Waals surface area contributed by atoms with E-state index < -0.39 is 10.0 Å². The normalized spacial score (nSPS) is 12.2. The van der Waals surface area contributed by atoms with Gasteiger partial charge in [-0.15, -0.1) is 10.2 Å². The van der Waals surface area contributed by atoms with E-state index >= 15 is 0 Å². The molecule has 1 aromatic rings. The quantitative estimate of drug-likeness (QED) is 0.699. The summed E-state index contributed by atoms with van der Waals surface area (Å²) in [5, 5.41) is 6.98. The second-order valence-corrected chi connectivity index (χ2v) is 5.53. The minimum Gasteiger partial charge on any atom is -0.374 e. The zero-order valence-corrected chi connectivity index (χ0v) is 8.18. The fraction of sp³-hybridized carbons (Fsp3) is 0.500. The number of sulfonamides is 1. The summed E-state index contributed by atoms with van der Waals surface area (Å²) in [5.74, 6) is 0. The van der Waals surface area contributed by atoms with Crippen LogP contribution < -0.4 is 5.73 Å². The maximum absolute atomic E-state index is 11.3. The number of rotatable bonds is 2. The Bertz CT molecular complexity index is 368. The van der Waals surface area contributed by atoms with Crippen molar-refractivity contribution in [2.45, 2.75) is 4.34 Å². The summed E-state index contributed by atoms with van der Waals surface area (Å²) in [6.45, 7) is 0. The summed E-state index contributed by atoms with van der Waals surface area (Å²) in [4.78, 5) is 0. The zero-order chi connectivity index (χ0) is 9.35. The average molecular weight is 208 g/mol. The first-order valence-electron chi connectivity index (χ1n) is 2.96. The molecule has 0 unspecified atom stereocenters. The predicted octanol–water partition coefficient (Wildman–Crippen LogP) is -0.629. The van der Waals surface area contributed by atoms with E-state index in [0.717, 1.165) is 15.6 Å². The van der Waals surface area contributed by atoms with Gasteiger partial charge in [-0.25, -0.2) is 12.7 Å². The Morgan fingerprint density at radius 2 is 2.00 bits per heavy atom. The molecule has 2 N–H and O–H groups in total. The topological polar surface area (TPSA) is 89.2 Å². The van der Waals surface area contributed by atoms with Gasteiger partial charge < -0.3 is 5.73 Å². The van der Waals surface area contributed by atoms with Crippen LogP contribution in [0.5, 0.6) is 0 Å². The lowest BCUT2D eigenvalue weighted by molar-refractivity contribution is 0.519. The van der Waals surface area contributed by atoms with Crippen molar-refractivity contribution in [3.8, 4) is 0 Å². The Hall–Kier alpha value is -0.730. The molecule has 0 bridgehead atoms. The summed E-state index contributed by atoms with van der Waals surface area (Å²) in [5.41, 5.74) is 5.24. The highest BCUT2D eigenvalue weighted by molar-refractivity contribution is 7.91. The number of hydrogen-bond acceptors (Lipinski definition) is 6. The van der Waals surface area contributed by atoms with E-state index in [-0.39, 0.29) is 9.47 Å². The van der Waals surface area contributed by atoms with Gasteiger partial charge in [0, 0.05) is 14.1 Å². The van der Waals surface area contributed by atoms with Crippen molar-refractivity contribution in [2.24, 2.45) is 0 Å². The molecule has 0 aromatic carbocycles. The van der Waals surface area contributed by atoms with Crippen molar-refractivity contribution in [2.75, 3.05) is 19.8 Å².